The van der Waals surface area contributed by atoms with Crippen LogP contribution < -0.4 is 5.32 Å². The Morgan fingerprint density at radius 3 is 2.76 bits per heavy atom. The molecule has 1 aliphatic rings. The third-order valence-corrected chi connectivity index (χ3v) is 4.18. The molecule has 0 unspecified atom stereocenters. The molecule has 1 N–H and O–H groups in total. The lowest BCUT2D eigenvalue weighted by Gasteiger charge is -2.14. The monoisotopic (exact) mass is 341 g/mol. The molecule has 0 spiro atoms. The van der Waals surface area contributed by atoms with Gasteiger partial charge in [0.2, 0.25) is 6.10 Å². The normalized spacial score (nSPS) is 19.2. The van der Waals surface area contributed by atoms with E-state index in [0.29, 0.717) is 12.3 Å². The number of carbonyl (C=O) groups is 1. The molecule has 3 rings (SSSR count). The summed E-state index contributed by atoms with van der Waals surface area (Å²) >= 11 is 0. The fourth-order valence-corrected chi connectivity index (χ4v) is 2.77. The minimum Gasteiger partial charge on any atom is -0.381 e. The molecule has 2 atom stereocenters. The third kappa shape index (κ3) is 4.21. The molecule has 0 radical (unpaired) electrons. The molecule has 0 bridgehead atoms. The van der Waals surface area contributed by atoms with Gasteiger partial charge in [-0.25, -0.2) is 4.39 Å². The second kappa shape index (κ2) is 7.88. The molecule has 25 heavy (non-hydrogen) atoms. The number of hydrogen-bond donors (Lipinski definition) is 1. The Morgan fingerprint density at radius 2 is 2.04 bits per heavy atom. The van der Waals surface area contributed by atoms with E-state index in [2.05, 4.69) is 15.5 Å². The molecular weight excluding hydrogens is 321 g/mol. The van der Waals surface area contributed by atoms with Crippen LogP contribution in [0.2, 0.25) is 0 Å². The number of amides is 1. The summed E-state index contributed by atoms with van der Waals surface area (Å²) in [5.74, 6) is -0.686. The van der Waals surface area contributed by atoms with Gasteiger partial charge >= 0.3 is 0 Å². The number of hydrogen-bond acceptors (Lipinski definition) is 4. The summed E-state index contributed by atoms with van der Waals surface area (Å²) < 4.78 is 13.0. The van der Waals surface area contributed by atoms with Gasteiger partial charge in [-0.05, 0) is 42.7 Å². The molecular formula is C19H20FN3O2. The van der Waals surface area contributed by atoms with Crippen molar-refractivity contribution in [1.29, 1.82) is 0 Å². The van der Waals surface area contributed by atoms with Crippen LogP contribution in [0.15, 0.2) is 53.8 Å². The van der Waals surface area contributed by atoms with Crippen LogP contribution >= 0.6 is 0 Å². The Morgan fingerprint density at radius 1 is 1.24 bits per heavy atom. The number of halogens is 1. The lowest BCUT2D eigenvalue weighted by atomic mass is 9.94. The summed E-state index contributed by atoms with van der Waals surface area (Å²) in [4.78, 5) is 21.9. The van der Waals surface area contributed by atoms with E-state index in [0.717, 1.165) is 24.1 Å². The molecule has 0 aliphatic carbocycles. The zero-order chi connectivity index (χ0) is 17.6. The van der Waals surface area contributed by atoms with Gasteiger partial charge in [0.05, 0.1) is 11.6 Å². The zero-order valence-corrected chi connectivity index (χ0v) is 14.0. The fourth-order valence-electron chi connectivity index (χ4n) is 2.77. The number of aromatic nitrogens is 1. The minimum atomic E-state index is -0.657. The maximum absolute atomic E-state index is 13.0. The summed E-state index contributed by atoms with van der Waals surface area (Å²) in [5.41, 5.74) is 2.43. The van der Waals surface area contributed by atoms with Crippen molar-refractivity contribution in [3.05, 3.63) is 65.7 Å². The van der Waals surface area contributed by atoms with Gasteiger partial charge in [0.15, 0.2) is 0 Å². The van der Waals surface area contributed by atoms with Gasteiger partial charge < -0.3 is 10.2 Å². The molecule has 130 valence electrons. The molecule has 6 heteroatoms. The third-order valence-electron chi connectivity index (χ3n) is 4.18. The second-order valence-corrected chi connectivity index (χ2v) is 6.01. The quantitative estimate of drug-likeness (QED) is 0.822. The number of nitrogens with one attached hydrogen (secondary N) is 1. The Bertz CT molecular complexity index is 747. The van der Waals surface area contributed by atoms with Crippen molar-refractivity contribution in [2.75, 3.05) is 6.54 Å². The van der Waals surface area contributed by atoms with E-state index in [9.17, 15) is 9.18 Å². The van der Waals surface area contributed by atoms with Crippen molar-refractivity contribution in [2.45, 2.75) is 25.9 Å². The summed E-state index contributed by atoms with van der Waals surface area (Å²) in [6, 6.07) is 11.8. The molecule has 0 fully saturated rings. The second-order valence-electron chi connectivity index (χ2n) is 6.01. The number of pyridine rings is 1. The Kier molecular flexibility index (Phi) is 5.38. The first-order valence-electron chi connectivity index (χ1n) is 8.32. The van der Waals surface area contributed by atoms with Gasteiger partial charge in [-0.2, -0.15) is 0 Å². The average Bonchev–Trinajstić information content (AvgIpc) is 3.02. The number of nitrogens with zero attached hydrogens (tertiary/aromatic N) is 2. The van der Waals surface area contributed by atoms with E-state index in [4.69, 9.17) is 4.84 Å². The first kappa shape index (κ1) is 17.1. The number of aryl methyl sites for hydroxylation is 1. The van der Waals surface area contributed by atoms with Crippen molar-refractivity contribution in [1.82, 2.24) is 10.3 Å². The van der Waals surface area contributed by atoms with Crippen LogP contribution in [0.1, 0.15) is 24.6 Å². The molecule has 2 aromatic rings. The number of benzene rings is 1. The predicted octanol–water partition coefficient (Wildman–Crippen LogP) is 2.71. The topological polar surface area (TPSA) is 63.6 Å². The van der Waals surface area contributed by atoms with Crippen LogP contribution in [0.25, 0.3) is 0 Å². The largest absolute Gasteiger partial charge is 0.381 e. The van der Waals surface area contributed by atoms with Crippen molar-refractivity contribution in [3.8, 4) is 0 Å². The maximum atomic E-state index is 13.0. The standard InChI is InChI=1S/C19H20FN3O2/c1-13-17(14-7-9-15(20)10-8-14)23-25-18(13)19(24)22-12-4-6-16-5-2-3-11-21-16/h2-3,5,7-11,13,18H,4,6,12H2,1H3,(H,22,24)/t13-,18+/m0/s1. The van der Waals surface area contributed by atoms with Crippen LogP contribution in [-0.4, -0.2) is 29.3 Å². The summed E-state index contributed by atoms with van der Waals surface area (Å²) in [7, 11) is 0. The highest BCUT2D eigenvalue weighted by Gasteiger charge is 2.36. The molecule has 1 aromatic heterocycles. The van der Waals surface area contributed by atoms with E-state index in [1.165, 1.54) is 12.1 Å². The van der Waals surface area contributed by atoms with Gasteiger partial charge in [0.1, 0.15) is 5.82 Å². The number of rotatable bonds is 6. The molecule has 1 aliphatic heterocycles. The van der Waals surface area contributed by atoms with Crippen LogP contribution in [0.3, 0.4) is 0 Å². The van der Waals surface area contributed by atoms with Crippen molar-refractivity contribution in [3.63, 3.8) is 0 Å². The summed E-state index contributed by atoms with van der Waals surface area (Å²) in [6.45, 7) is 2.43. The van der Waals surface area contributed by atoms with Gasteiger partial charge in [-0.3, -0.25) is 9.78 Å². The highest BCUT2D eigenvalue weighted by molar-refractivity contribution is 6.05. The molecule has 0 saturated carbocycles. The average molecular weight is 341 g/mol. The van der Waals surface area contributed by atoms with E-state index in [-0.39, 0.29) is 17.6 Å². The Labute approximate surface area is 145 Å². The van der Waals surface area contributed by atoms with E-state index in [1.807, 2.05) is 25.1 Å². The van der Waals surface area contributed by atoms with Gasteiger partial charge in [0, 0.05) is 18.4 Å². The number of carbonyl (C=O) groups excluding carboxylic acids is 1. The van der Waals surface area contributed by atoms with E-state index < -0.39 is 6.10 Å². The molecule has 0 saturated heterocycles. The highest BCUT2D eigenvalue weighted by Crippen LogP contribution is 2.23. The highest BCUT2D eigenvalue weighted by atomic mass is 19.1. The minimum absolute atomic E-state index is 0.186. The van der Waals surface area contributed by atoms with E-state index in [1.54, 1.807) is 18.3 Å². The van der Waals surface area contributed by atoms with Crippen molar-refractivity contribution < 1.29 is 14.0 Å². The Balaban J connectivity index is 1.48. The zero-order valence-electron chi connectivity index (χ0n) is 14.0. The molecule has 2 heterocycles. The van der Waals surface area contributed by atoms with Gasteiger partial charge in [0.25, 0.3) is 5.91 Å². The summed E-state index contributed by atoms with van der Waals surface area (Å²) in [5, 5.41) is 6.90. The van der Waals surface area contributed by atoms with Gasteiger partial charge in [-0.15, -0.1) is 0 Å². The van der Waals surface area contributed by atoms with Crippen LogP contribution in [0.5, 0.6) is 0 Å². The van der Waals surface area contributed by atoms with Gasteiger partial charge in [-0.1, -0.05) is 30.3 Å². The SMILES string of the molecule is C[C@H]1C(c2ccc(F)cc2)=NO[C@H]1C(=O)NCCCc1ccccn1. The lowest BCUT2D eigenvalue weighted by molar-refractivity contribution is -0.132. The fraction of sp³-hybridized carbons (Fsp3) is 0.316. The molecule has 1 amide bonds. The van der Waals surface area contributed by atoms with Crippen molar-refractivity contribution in [2.24, 2.45) is 11.1 Å². The van der Waals surface area contributed by atoms with Crippen LogP contribution in [-0.2, 0) is 16.1 Å². The predicted molar refractivity (Wildman–Crippen MR) is 92.5 cm³/mol. The first-order chi connectivity index (χ1) is 12.1. The van der Waals surface area contributed by atoms with Crippen molar-refractivity contribution >= 4 is 11.6 Å². The lowest BCUT2D eigenvalue weighted by Crippen LogP contribution is -2.39. The molecule has 1 aromatic carbocycles. The smallest absolute Gasteiger partial charge is 0.264 e. The van der Waals surface area contributed by atoms with E-state index >= 15 is 0 Å². The number of oxime groups is 1. The maximum Gasteiger partial charge on any atom is 0.264 e. The summed E-state index contributed by atoms with van der Waals surface area (Å²) in [6.07, 6.45) is 2.71. The van der Waals surface area contributed by atoms with Crippen LogP contribution in [0, 0.1) is 11.7 Å². The van der Waals surface area contributed by atoms with Crippen LogP contribution in [0.4, 0.5) is 4.39 Å². The first-order valence-corrected chi connectivity index (χ1v) is 8.32. The Hall–Kier alpha value is -2.76. The molecule has 5 nitrogen and oxygen atoms in total.